The van der Waals surface area contributed by atoms with Crippen LogP contribution in [0.5, 0.6) is 0 Å². The van der Waals surface area contributed by atoms with Crippen LogP contribution in [0, 0.1) is 0 Å². The maximum absolute atomic E-state index is 11.7. The molecule has 1 aromatic rings. The number of nitrogens with zero attached hydrogens (tertiary/aromatic N) is 3. The minimum absolute atomic E-state index is 0.139. The van der Waals surface area contributed by atoms with Crippen LogP contribution in [0.4, 0.5) is 0 Å². The highest BCUT2D eigenvalue weighted by molar-refractivity contribution is 8.00. The molecular formula is C24H31N4O8S-. The van der Waals surface area contributed by atoms with Crippen molar-refractivity contribution in [2.45, 2.75) is 67.3 Å². The monoisotopic (exact) mass is 535 g/mol. The predicted octanol–water partition coefficient (Wildman–Crippen LogP) is 0.570. The molecule has 0 bridgehead atoms. The van der Waals surface area contributed by atoms with Gasteiger partial charge >= 0.3 is 11.9 Å². The summed E-state index contributed by atoms with van der Waals surface area (Å²) >= 11 is 1.34. The van der Waals surface area contributed by atoms with Crippen LogP contribution in [0.2, 0.25) is 0 Å². The number of thioether (sulfide) groups is 1. The number of nitrogens with two attached hydrogens (primary N) is 1. The van der Waals surface area contributed by atoms with Gasteiger partial charge in [0, 0.05) is 27.2 Å². The lowest BCUT2D eigenvalue weighted by atomic mass is 9.97. The Bertz CT molecular complexity index is 1030. The van der Waals surface area contributed by atoms with Gasteiger partial charge < -0.3 is 45.0 Å². The first-order valence-corrected chi connectivity index (χ1v) is 13.0. The van der Waals surface area contributed by atoms with Crippen LogP contribution in [0.15, 0.2) is 36.5 Å². The molecule has 9 unspecified atom stereocenters. The second-order valence-corrected chi connectivity index (χ2v) is 10.6. The largest absolute Gasteiger partial charge is 0.597 e. The zero-order valence-electron chi connectivity index (χ0n) is 20.7. The van der Waals surface area contributed by atoms with E-state index in [-0.39, 0.29) is 30.7 Å². The Morgan fingerprint density at radius 1 is 1.22 bits per heavy atom. The molecule has 3 fully saturated rings. The molecule has 5 rings (SSSR count). The van der Waals surface area contributed by atoms with E-state index in [1.54, 1.807) is 5.12 Å². The van der Waals surface area contributed by atoms with E-state index in [9.17, 15) is 14.7 Å². The van der Waals surface area contributed by atoms with Crippen LogP contribution in [0.1, 0.15) is 19.4 Å². The first-order valence-electron chi connectivity index (χ1n) is 12.0. The summed E-state index contributed by atoms with van der Waals surface area (Å²) in [6.07, 6.45) is -1.56. The third kappa shape index (κ3) is 5.04. The lowest BCUT2D eigenvalue weighted by molar-refractivity contribution is -0.296. The topological polar surface area (TPSA) is 147 Å². The van der Waals surface area contributed by atoms with Gasteiger partial charge in [-0.1, -0.05) is 30.3 Å². The van der Waals surface area contributed by atoms with Crippen molar-refractivity contribution in [3.8, 4) is 0 Å². The van der Waals surface area contributed by atoms with Crippen molar-refractivity contribution >= 4 is 29.4 Å². The summed E-state index contributed by atoms with van der Waals surface area (Å²) in [7, 11) is 1.49. The number of benzene rings is 1. The Morgan fingerprint density at radius 2 is 1.97 bits per heavy atom. The van der Waals surface area contributed by atoms with Gasteiger partial charge in [-0.3, -0.25) is 14.7 Å². The molecule has 0 amide bonds. The van der Waals surface area contributed by atoms with Crippen LogP contribution in [0.25, 0.3) is 11.1 Å². The Kier molecular flexibility index (Phi) is 7.63. The Hall–Kier alpha value is -2.39. The fourth-order valence-corrected chi connectivity index (χ4v) is 6.50. The number of hydrazine groups is 1. The number of carbonyl (C=O) groups excluding carboxylic acids is 2. The molecule has 0 spiro atoms. The maximum atomic E-state index is 11.7. The number of aliphatic hydroxyl groups is 1. The van der Waals surface area contributed by atoms with Crippen molar-refractivity contribution in [1.29, 1.82) is 0 Å². The third-order valence-electron chi connectivity index (χ3n) is 6.79. The minimum atomic E-state index is -0.872. The van der Waals surface area contributed by atoms with Gasteiger partial charge in [0.1, 0.15) is 42.6 Å². The number of esters is 2. The van der Waals surface area contributed by atoms with E-state index in [0.717, 1.165) is 11.3 Å². The lowest BCUT2D eigenvalue weighted by Crippen LogP contribution is -2.75. The summed E-state index contributed by atoms with van der Waals surface area (Å²) in [5.41, 5.74) is 12.2. The normalized spacial score (nSPS) is 36.9. The summed E-state index contributed by atoms with van der Waals surface area (Å²) in [6.45, 7) is 2.67. The molecule has 3 saturated heterocycles. The number of methoxy groups -OCH3 is 1. The first-order chi connectivity index (χ1) is 17.8. The van der Waals surface area contributed by atoms with Crippen LogP contribution < -0.4 is 5.73 Å². The maximum Gasteiger partial charge on any atom is 0.303 e. The predicted molar refractivity (Wildman–Crippen MR) is 132 cm³/mol. The summed E-state index contributed by atoms with van der Waals surface area (Å²) in [4.78, 5) is 23.1. The Morgan fingerprint density at radius 3 is 2.65 bits per heavy atom. The molecule has 4 aliphatic heterocycles. The van der Waals surface area contributed by atoms with Crippen LogP contribution in [0.3, 0.4) is 0 Å². The third-order valence-corrected chi connectivity index (χ3v) is 8.21. The van der Waals surface area contributed by atoms with E-state index in [1.165, 1.54) is 32.7 Å². The summed E-state index contributed by atoms with van der Waals surface area (Å²) in [6, 6.07) is 8.73. The van der Waals surface area contributed by atoms with E-state index >= 15 is 0 Å². The van der Waals surface area contributed by atoms with Crippen LogP contribution in [-0.4, -0.2) is 101 Å². The first kappa shape index (κ1) is 26.2. The van der Waals surface area contributed by atoms with Gasteiger partial charge in [0.15, 0.2) is 0 Å². The summed E-state index contributed by atoms with van der Waals surface area (Å²) in [5.74, 6) is -1.03. The summed E-state index contributed by atoms with van der Waals surface area (Å²) < 4.78 is 28.5. The lowest BCUT2D eigenvalue weighted by Gasteiger charge is -2.64. The highest BCUT2D eigenvalue weighted by Crippen LogP contribution is 2.47. The van der Waals surface area contributed by atoms with Gasteiger partial charge in [0.05, 0.1) is 24.0 Å². The highest BCUT2D eigenvalue weighted by atomic mass is 32.2. The van der Waals surface area contributed by atoms with E-state index in [2.05, 4.69) is 5.43 Å². The molecule has 0 radical (unpaired) electrons. The molecule has 9 atom stereocenters. The van der Waals surface area contributed by atoms with Crippen molar-refractivity contribution < 1.29 is 38.4 Å². The average molecular weight is 536 g/mol. The molecule has 202 valence electrons. The second-order valence-electron chi connectivity index (χ2n) is 9.26. The number of hydrogen-bond acceptors (Lipinski definition) is 12. The van der Waals surface area contributed by atoms with Gasteiger partial charge in [-0.05, 0) is 5.56 Å². The van der Waals surface area contributed by atoms with E-state index in [4.69, 9.17) is 29.4 Å². The van der Waals surface area contributed by atoms with E-state index < -0.39 is 47.8 Å². The molecule has 13 heteroatoms. The number of rotatable bonds is 7. The molecule has 37 heavy (non-hydrogen) atoms. The van der Waals surface area contributed by atoms with Crippen molar-refractivity contribution in [2.75, 3.05) is 20.3 Å². The van der Waals surface area contributed by atoms with Crippen LogP contribution >= 0.6 is 11.8 Å². The standard InChI is InChI=1S/C24H31N4O8S/c1-12(29)33-10-16-21(35-13(2)30)18(25)22(32-3)24(36-16)37-17-11-34-23-19(20(17)31)27-9-15(26-28(23)27)14-7-5-4-6-8-14/h4-9,16-24,31H,10-11,25H2,1-3H3/q-1. The molecular weight excluding hydrogens is 504 g/mol. The fraction of sp³-hybridized carbons (Fsp3) is 0.583. The smallest absolute Gasteiger partial charge is 0.303 e. The molecule has 0 saturated carbocycles. The van der Waals surface area contributed by atoms with Gasteiger partial charge in [-0.2, -0.15) is 0 Å². The molecule has 1 aromatic carbocycles. The number of ether oxygens (including phenoxy) is 5. The average Bonchev–Trinajstić information content (AvgIpc) is 3.23. The SMILES string of the molecule is COC1C(SC2COC3C(C2O)N2C=C(c4ccccc4)[N-]N32)OC(COC(C)=O)C(OC(C)=O)C1N. The molecule has 4 aliphatic rings. The molecule has 0 aliphatic carbocycles. The minimum Gasteiger partial charge on any atom is -0.597 e. The Labute approximate surface area is 218 Å². The van der Waals surface area contributed by atoms with E-state index in [1.807, 2.05) is 41.5 Å². The highest BCUT2D eigenvalue weighted by Gasteiger charge is 2.55. The van der Waals surface area contributed by atoms with Crippen molar-refractivity contribution in [1.82, 2.24) is 10.1 Å². The van der Waals surface area contributed by atoms with Crippen LogP contribution in [-0.2, 0) is 33.3 Å². The molecule has 4 heterocycles. The number of hydrogen-bond donors (Lipinski definition) is 2. The summed E-state index contributed by atoms with van der Waals surface area (Å²) in [5, 5.41) is 14.6. The molecule has 3 N–H and O–H groups in total. The van der Waals surface area contributed by atoms with Crippen molar-refractivity contribution in [2.24, 2.45) is 5.73 Å². The van der Waals surface area contributed by atoms with E-state index in [0.29, 0.717) is 0 Å². The van der Waals surface area contributed by atoms with Gasteiger partial charge in [0.2, 0.25) is 0 Å². The number of aliphatic hydroxyl groups excluding tert-OH is 1. The zero-order valence-corrected chi connectivity index (χ0v) is 21.5. The van der Waals surface area contributed by atoms with Gasteiger partial charge in [0.25, 0.3) is 0 Å². The zero-order chi connectivity index (χ0) is 26.3. The van der Waals surface area contributed by atoms with Crippen molar-refractivity contribution in [3.63, 3.8) is 0 Å². The Balaban J connectivity index is 1.28. The molecule has 12 nitrogen and oxygen atoms in total. The second kappa shape index (κ2) is 10.8. The fourth-order valence-electron chi connectivity index (χ4n) is 5.02. The van der Waals surface area contributed by atoms with Crippen molar-refractivity contribution in [3.05, 3.63) is 47.5 Å². The molecule has 0 aromatic heterocycles. The van der Waals surface area contributed by atoms with Gasteiger partial charge in [-0.15, -0.1) is 17.5 Å². The van der Waals surface area contributed by atoms with Gasteiger partial charge in [-0.25, -0.2) is 0 Å². The number of fused-ring (bicyclic) bond motifs is 4. The number of carbonyl (C=O) groups is 2. The quantitative estimate of drug-likeness (QED) is 0.470.